The van der Waals surface area contributed by atoms with Gasteiger partial charge < -0.3 is 9.47 Å². The maximum absolute atomic E-state index is 12.0. The van der Waals surface area contributed by atoms with Crippen LogP contribution in [-0.2, 0) is 5.33 Å². The average molecular weight is 300 g/mol. The molecular weight excluding hydrogens is 291 g/mol. The summed E-state index contributed by atoms with van der Waals surface area (Å²) in [6, 6.07) is 1.11. The number of pyridine rings is 1. The van der Waals surface area contributed by atoms with Crippen LogP contribution in [0.1, 0.15) is 11.3 Å². The predicted octanol–water partition coefficient (Wildman–Crippen LogP) is 3.19. The Labute approximate surface area is 98.7 Å². The van der Waals surface area contributed by atoms with E-state index in [4.69, 9.17) is 4.74 Å². The van der Waals surface area contributed by atoms with Gasteiger partial charge in [0.25, 0.3) is 0 Å². The van der Waals surface area contributed by atoms with Gasteiger partial charge in [0.1, 0.15) is 5.75 Å². The fourth-order valence-electron chi connectivity index (χ4n) is 1.16. The summed E-state index contributed by atoms with van der Waals surface area (Å²) in [6.45, 7) is 1.59. The van der Waals surface area contributed by atoms with Gasteiger partial charge in [0.05, 0.1) is 7.11 Å². The summed E-state index contributed by atoms with van der Waals surface area (Å²) >= 11 is 3.20. The van der Waals surface area contributed by atoms with E-state index in [2.05, 4.69) is 25.7 Å². The Kier molecular flexibility index (Phi) is 4.01. The maximum atomic E-state index is 12.0. The van der Waals surface area contributed by atoms with Gasteiger partial charge in [-0.05, 0) is 6.92 Å². The molecule has 0 atom stereocenters. The lowest BCUT2D eigenvalue weighted by atomic mass is 10.2. The molecule has 0 saturated carbocycles. The molecule has 0 fully saturated rings. The zero-order chi connectivity index (χ0) is 12.3. The van der Waals surface area contributed by atoms with Gasteiger partial charge in [-0.3, -0.25) is 0 Å². The Morgan fingerprint density at radius 3 is 2.50 bits per heavy atom. The van der Waals surface area contributed by atoms with Crippen molar-refractivity contribution >= 4 is 15.9 Å². The number of ether oxygens (including phenoxy) is 2. The largest absolute Gasteiger partial charge is 0.574 e. The molecule has 0 radical (unpaired) electrons. The molecule has 0 aliphatic heterocycles. The minimum Gasteiger partial charge on any atom is -0.496 e. The number of methoxy groups -OCH3 is 1. The number of aromatic nitrogens is 1. The van der Waals surface area contributed by atoms with Crippen molar-refractivity contribution in [3.63, 3.8) is 0 Å². The van der Waals surface area contributed by atoms with E-state index >= 15 is 0 Å². The highest BCUT2D eigenvalue weighted by Gasteiger charge is 2.32. The van der Waals surface area contributed by atoms with Crippen LogP contribution in [0.5, 0.6) is 11.6 Å². The maximum Gasteiger partial charge on any atom is 0.574 e. The molecule has 1 aromatic rings. The lowest BCUT2D eigenvalue weighted by Gasteiger charge is -2.13. The van der Waals surface area contributed by atoms with Crippen LogP contribution in [0.15, 0.2) is 6.07 Å². The topological polar surface area (TPSA) is 31.4 Å². The zero-order valence-electron chi connectivity index (χ0n) is 8.56. The SMILES string of the molecule is COc1cc(OC(F)(F)F)nc(C)c1CBr. The van der Waals surface area contributed by atoms with Gasteiger partial charge in [-0.1, -0.05) is 15.9 Å². The van der Waals surface area contributed by atoms with Crippen molar-refractivity contribution in [1.82, 2.24) is 4.98 Å². The number of alkyl halides is 4. The molecule has 0 saturated heterocycles. The van der Waals surface area contributed by atoms with Crippen LogP contribution in [0.25, 0.3) is 0 Å². The highest BCUT2D eigenvalue weighted by molar-refractivity contribution is 9.08. The fraction of sp³-hybridized carbons (Fsp3) is 0.444. The second-order valence-corrected chi connectivity index (χ2v) is 3.47. The van der Waals surface area contributed by atoms with Crippen molar-refractivity contribution in [1.29, 1.82) is 0 Å². The Bertz CT molecular complexity index is 382. The molecular formula is C9H9BrF3NO2. The summed E-state index contributed by atoms with van der Waals surface area (Å²) in [5, 5.41) is 0.446. The van der Waals surface area contributed by atoms with Gasteiger partial charge in [-0.25, -0.2) is 4.98 Å². The second-order valence-electron chi connectivity index (χ2n) is 2.91. The van der Waals surface area contributed by atoms with Crippen LogP contribution < -0.4 is 9.47 Å². The summed E-state index contributed by atoms with van der Waals surface area (Å²) in [7, 11) is 1.37. The smallest absolute Gasteiger partial charge is 0.496 e. The Morgan fingerprint density at radius 1 is 1.44 bits per heavy atom. The van der Waals surface area contributed by atoms with Crippen LogP contribution in [0.4, 0.5) is 13.2 Å². The number of rotatable bonds is 3. The first kappa shape index (κ1) is 13.1. The Morgan fingerprint density at radius 2 is 2.06 bits per heavy atom. The standard InChI is InChI=1S/C9H9BrF3NO2/c1-5-6(4-10)7(15-2)3-8(14-5)16-9(11,12)13/h3H,4H2,1-2H3. The highest BCUT2D eigenvalue weighted by atomic mass is 79.9. The van der Waals surface area contributed by atoms with E-state index in [1.807, 2.05) is 0 Å². The summed E-state index contributed by atoms with van der Waals surface area (Å²) in [5.74, 6) is -0.213. The average Bonchev–Trinajstić information content (AvgIpc) is 2.14. The van der Waals surface area contributed by atoms with Crippen molar-refractivity contribution in [2.45, 2.75) is 18.6 Å². The van der Waals surface area contributed by atoms with E-state index in [9.17, 15) is 13.2 Å². The number of hydrogen-bond donors (Lipinski definition) is 0. The third kappa shape index (κ3) is 3.26. The first-order chi connectivity index (χ1) is 7.37. The molecule has 0 aliphatic carbocycles. The second kappa shape index (κ2) is 4.90. The van der Waals surface area contributed by atoms with Gasteiger partial charge >= 0.3 is 6.36 Å². The molecule has 1 heterocycles. The van der Waals surface area contributed by atoms with Gasteiger partial charge in [-0.2, -0.15) is 0 Å². The van der Waals surface area contributed by atoms with Gasteiger partial charge in [0, 0.05) is 22.7 Å². The molecule has 0 aliphatic rings. The van der Waals surface area contributed by atoms with Crippen LogP contribution in [0.2, 0.25) is 0 Å². The monoisotopic (exact) mass is 299 g/mol. The molecule has 0 amide bonds. The molecule has 1 rings (SSSR count). The number of nitrogens with zero attached hydrogens (tertiary/aromatic N) is 1. The summed E-state index contributed by atoms with van der Waals surface area (Å²) in [6.07, 6.45) is -4.75. The lowest BCUT2D eigenvalue weighted by molar-refractivity contribution is -0.276. The first-order valence-corrected chi connectivity index (χ1v) is 5.35. The Balaban J connectivity index is 3.10. The van der Waals surface area contributed by atoms with E-state index in [1.54, 1.807) is 6.92 Å². The number of aryl methyl sites for hydroxylation is 1. The highest BCUT2D eigenvalue weighted by Crippen LogP contribution is 2.30. The quantitative estimate of drug-likeness (QED) is 0.803. The summed E-state index contributed by atoms with van der Waals surface area (Å²) in [5.41, 5.74) is 1.12. The number of hydrogen-bond acceptors (Lipinski definition) is 3. The molecule has 0 spiro atoms. The van der Waals surface area contributed by atoms with Crippen molar-refractivity contribution in [2.75, 3.05) is 7.11 Å². The van der Waals surface area contributed by atoms with Crippen molar-refractivity contribution < 1.29 is 22.6 Å². The first-order valence-electron chi connectivity index (χ1n) is 4.23. The van der Waals surface area contributed by atoms with E-state index < -0.39 is 12.2 Å². The molecule has 0 aromatic carbocycles. The normalized spacial score (nSPS) is 11.4. The van der Waals surface area contributed by atoms with Crippen LogP contribution in [-0.4, -0.2) is 18.5 Å². The summed E-state index contributed by atoms with van der Waals surface area (Å²) < 4.78 is 44.6. The lowest BCUT2D eigenvalue weighted by Crippen LogP contribution is -2.18. The fourth-order valence-corrected chi connectivity index (χ4v) is 1.84. The van der Waals surface area contributed by atoms with Gasteiger partial charge in [-0.15, -0.1) is 13.2 Å². The number of halogens is 4. The third-order valence-electron chi connectivity index (χ3n) is 1.84. The van der Waals surface area contributed by atoms with Crippen molar-refractivity contribution in [3.8, 4) is 11.6 Å². The van der Waals surface area contributed by atoms with E-state index in [1.165, 1.54) is 7.11 Å². The molecule has 0 unspecified atom stereocenters. The van der Waals surface area contributed by atoms with E-state index in [0.717, 1.165) is 6.07 Å². The molecule has 90 valence electrons. The molecule has 3 nitrogen and oxygen atoms in total. The zero-order valence-corrected chi connectivity index (χ0v) is 10.1. The molecule has 0 N–H and O–H groups in total. The van der Waals surface area contributed by atoms with E-state index in [0.29, 0.717) is 22.3 Å². The molecule has 7 heteroatoms. The predicted molar refractivity (Wildman–Crippen MR) is 54.8 cm³/mol. The molecule has 0 bridgehead atoms. The molecule has 16 heavy (non-hydrogen) atoms. The molecule has 1 aromatic heterocycles. The van der Waals surface area contributed by atoms with Gasteiger partial charge in [0.15, 0.2) is 0 Å². The minimum absolute atomic E-state index is 0.309. The van der Waals surface area contributed by atoms with Crippen LogP contribution in [0.3, 0.4) is 0 Å². The minimum atomic E-state index is -4.75. The van der Waals surface area contributed by atoms with Crippen LogP contribution >= 0.6 is 15.9 Å². The van der Waals surface area contributed by atoms with E-state index in [-0.39, 0.29) is 0 Å². The third-order valence-corrected chi connectivity index (χ3v) is 2.40. The van der Waals surface area contributed by atoms with Crippen molar-refractivity contribution in [2.24, 2.45) is 0 Å². The van der Waals surface area contributed by atoms with Crippen molar-refractivity contribution in [3.05, 3.63) is 17.3 Å². The summed E-state index contributed by atoms with van der Waals surface area (Å²) in [4.78, 5) is 3.69. The van der Waals surface area contributed by atoms with Gasteiger partial charge in [0.2, 0.25) is 5.88 Å². The Hall–Kier alpha value is -0.980. The van der Waals surface area contributed by atoms with Crippen LogP contribution in [0, 0.1) is 6.92 Å².